The van der Waals surface area contributed by atoms with Crippen molar-refractivity contribution in [1.29, 1.82) is 0 Å². The lowest BCUT2D eigenvalue weighted by atomic mass is 10.3. The molecule has 1 aromatic rings. The summed E-state index contributed by atoms with van der Waals surface area (Å²) in [4.78, 5) is 16.8. The van der Waals surface area contributed by atoms with Crippen molar-refractivity contribution >= 4 is 33.2 Å². The maximum absolute atomic E-state index is 11.7. The van der Waals surface area contributed by atoms with Gasteiger partial charge in [-0.25, -0.2) is 18.5 Å². The van der Waals surface area contributed by atoms with E-state index in [1.165, 1.54) is 17.2 Å². The Balaban J connectivity index is 2.28. The maximum atomic E-state index is 11.7. The summed E-state index contributed by atoms with van der Waals surface area (Å²) >= 11 is 5.71. The van der Waals surface area contributed by atoms with E-state index in [9.17, 15) is 13.2 Å². The smallest absolute Gasteiger partial charge is 0.228 e. The van der Waals surface area contributed by atoms with Crippen LogP contribution in [0.5, 0.6) is 0 Å². The van der Waals surface area contributed by atoms with Crippen LogP contribution in [0, 0.1) is 0 Å². The van der Waals surface area contributed by atoms with Gasteiger partial charge in [-0.2, -0.15) is 0 Å². The van der Waals surface area contributed by atoms with Gasteiger partial charge in [-0.05, 0) is 12.1 Å². The molecule has 1 saturated heterocycles. The SMILES string of the molecule is NS(=O)(=O)C1CC(=O)N(c2ccnc(Cl)c2)C1. The molecule has 2 rings (SSSR count). The van der Waals surface area contributed by atoms with Gasteiger partial charge in [-0.1, -0.05) is 11.6 Å². The Morgan fingerprint density at radius 1 is 1.53 bits per heavy atom. The van der Waals surface area contributed by atoms with E-state index in [2.05, 4.69) is 4.98 Å². The van der Waals surface area contributed by atoms with Crippen LogP contribution < -0.4 is 10.0 Å². The standard InChI is InChI=1S/C9H10ClN3O3S/c10-8-3-6(1-2-12-8)13-5-7(4-9(13)14)17(11,15)16/h1-3,7H,4-5H2,(H2,11,15,16). The number of anilines is 1. The van der Waals surface area contributed by atoms with Crippen molar-refractivity contribution in [3.05, 3.63) is 23.5 Å². The maximum Gasteiger partial charge on any atom is 0.228 e. The first-order valence-corrected chi connectivity index (χ1v) is 6.80. The van der Waals surface area contributed by atoms with Crippen LogP contribution in [0.1, 0.15) is 6.42 Å². The molecule has 0 aromatic carbocycles. The largest absolute Gasteiger partial charge is 0.311 e. The summed E-state index contributed by atoms with van der Waals surface area (Å²) in [5.41, 5.74) is 0.529. The average molecular weight is 276 g/mol. The van der Waals surface area contributed by atoms with E-state index >= 15 is 0 Å². The third-order valence-corrected chi connectivity index (χ3v) is 4.03. The Hall–Kier alpha value is -1.18. The summed E-state index contributed by atoms with van der Waals surface area (Å²) in [5.74, 6) is -0.286. The van der Waals surface area contributed by atoms with Gasteiger partial charge in [0.05, 0.1) is 0 Å². The van der Waals surface area contributed by atoms with E-state index < -0.39 is 15.3 Å². The molecule has 1 aliphatic heterocycles. The number of rotatable bonds is 2. The topological polar surface area (TPSA) is 93.4 Å². The molecule has 2 N–H and O–H groups in total. The Bertz CT molecular complexity index is 560. The minimum Gasteiger partial charge on any atom is -0.311 e. The zero-order chi connectivity index (χ0) is 12.6. The quantitative estimate of drug-likeness (QED) is 0.776. The van der Waals surface area contributed by atoms with Crippen LogP contribution in [0.3, 0.4) is 0 Å². The zero-order valence-corrected chi connectivity index (χ0v) is 10.3. The molecular weight excluding hydrogens is 266 g/mol. The second-order valence-electron chi connectivity index (χ2n) is 3.76. The van der Waals surface area contributed by atoms with Crippen LogP contribution in [-0.2, 0) is 14.8 Å². The molecule has 1 amide bonds. The molecule has 0 saturated carbocycles. The minimum atomic E-state index is -3.70. The fraction of sp³-hybridized carbons (Fsp3) is 0.333. The number of nitrogens with zero attached hydrogens (tertiary/aromatic N) is 2. The van der Waals surface area contributed by atoms with Crippen LogP contribution in [0.2, 0.25) is 5.15 Å². The highest BCUT2D eigenvalue weighted by atomic mass is 35.5. The molecule has 92 valence electrons. The van der Waals surface area contributed by atoms with Gasteiger partial charge in [0.25, 0.3) is 0 Å². The minimum absolute atomic E-state index is 0.0536. The molecule has 0 radical (unpaired) electrons. The first-order valence-electron chi connectivity index (χ1n) is 4.81. The highest BCUT2D eigenvalue weighted by molar-refractivity contribution is 7.89. The molecule has 2 heterocycles. The molecule has 0 spiro atoms. The first-order chi connectivity index (χ1) is 7.88. The molecule has 1 fully saturated rings. The number of hydrogen-bond donors (Lipinski definition) is 1. The Kier molecular flexibility index (Phi) is 3.07. The number of carbonyl (C=O) groups excluding carboxylic acids is 1. The van der Waals surface area contributed by atoms with Crippen LogP contribution in [0.4, 0.5) is 5.69 Å². The van der Waals surface area contributed by atoms with Crippen molar-refractivity contribution < 1.29 is 13.2 Å². The molecule has 1 aliphatic rings. The number of amides is 1. The number of carbonyl (C=O) groups is 1. The van der Waals surface area contributed by atoms with Gasteiger partial charge in [0, 0.05) is 24.8 Å². The normalized spacial score (nSPS) is 20.9. The zero-order valence-electron chi connectivity index (χ0n) is 8.71. The van der Waals surface area contributed by atoms with E-state index in [1.807, 2.05) is 0 Å². The van der Waals surface area contributed by atoms with Gasteiger partial charge in [-0.3, -0.25) is 4.79 Å². The molecule has 0 aliphatic carbocycles. The Labute approximate surface area is 103 Å². The fourth-order valence-electron chi connectivity index (χ4n) is 1.70. The first kappa shape index (κ1) is 12.3. The predicted molar refractivity (Wildman–Crippen MR) is 63.1 cm³/mol. The summed E-state index contributed by atoms with van der Waals surface area (Å²) in [7, 11) is -3.70. The molecule has 8 heteroatoms. The number of sulfonamides is 1. The van der Waals surface area contributed by atoms with E-state index in [4.69, 9.17) is 16.7 Å². The molecule has 1 aromatic heterocycles. The van der Waals surface area contributed by atoms with Gasteiger partial charge in [0.2, 0.25) is 15.9 Å². The van der Waals surface area contributed by atoms with Gasteiger partial charge in [0.1, 0.15) is 10.4 Å². The number of primary sulfonamides is 1. The molecular formula is C9H10ClN3O3S. The van der Waals surface area contributed by atoms with Crippen molar-refractivity contribution in [3.8, 4) is 0 Å². The summed E-state index contributed by atoms with van der Waals surface area (Å²) in [6, 6.07) is 3.10. The van der Waals surface area contributed by atoms with Gasteiger partial charge < -0.3 is 4.90 Å². The summed E-state index contributed by atoms with van der Waals surface area (Å²) in [5, 5.41) is 4.41. The van der Waals surface area contributed by atoms with Crippen LogP contribution in [0.25, 0.3) is 0 Å². The van der Waals surface area contributed by atoms with Crippen molar-refractivity contribution in [2.24, 2.45) is 5.14 Å². The van der Waals surface area contributed by atoms with Crippen LogP contribution >= 0.6 is 11.6 Å². The lowest BCUT2D eigenvalue weighted by molar-refractivity contribution is -0.117. The number of pyridine rings is 1. The van der Waals surface area contributed by atoms with E-state index in [0.29, 0.717) is 5.69 Å². The van der Waals surface area contributed by atoms with Crippen LogP contribution in [0.15, 0.2) is 18.3 Å². The monoisotopic (exact) mass is 275 g/mol. The van der Waals surface area contributed by atoms with Crippen molar-refractivity contribution in [3.63, 3.8) is 0 Å². The summed E-state index contributed by atoms with van der Waals surface area (Å²) in [6.07, 6.45) is 1.36. The molecule has 1 atom stereocenters. The van der Waals surface area contributed by atoms with Crippen molar-refractivity contribution in [2.75, 3.05) is 11.4 Å². The summed E-state index contributed by atoms with van der Waals surface area (Å²) < 4.78 is 22.4. The third kappa shape index (κ3) is 2.56. The van der Waals surface area contributed by atoms with E-state index in [0.717, 1.165) is 0 Å². The Morgan fingerprint density at radius 2 is 2.24 bits per heavy atom. The van der Waals surface area contributed by atoms with Gasteiger partial charge in [0.15, 0.2) is 0 Å². The highest BCUT2D eigenvalue weighted by Gasteiger charge is 2.37. The number of halogens is 1. The number of nitrogens with two attached hydrogens (primary N) is 1. The highest BCUT2D eigenvalue weighted by Crippen LogP contribution is 2.25. The molecule has 6 nitrogen and oxygen atoms in total. The molecule has 0 bridgehead atoms. The second kappa shape index (κ2) is 4.25. The fourth-order valence-corrected chi connectivity index (χ4v) is 2.60. The lowest BCUT2D eigenvalue weighted by Crippen LogP contribution is -2.32. The van der Waals surface area contributed by atoms with Crippen LogP contribution in [-0.4, -0.2) is 31.1 Å². The number of aromatic nitrogens is 1. The van der Waals surface area contributed by atoms with Gasteiger partial charge >= 0.3 is 0 Å². The molecule has 1 unspecified atom stereocenters. The second-order valence-corrected chi connectivity index (χ2v) is 5.99. The van der Waals surface area contributed by atoms with E-state index in [1.54, 1.807) is 6.07 Å². The average Bonchev–Trinajstić information content (AvgIpc) is 2.60. The van der Waals surface area contributed by atoms with E-state index in [-0.39, 0.29) is 24.0 Å². The summed E-state index contributed by atoms with van der Waals surface area (Å²) in [6.45, 7) is 0.0536. The number of hydrogen-bond acceptors (Lipinski definition) is 4. The van der Waals surface area contributed by atoms with Gasteiger partial charge in [-0.15, -0.1) is 0 Å². The Morgan fingerprint density at radius 3 is 2.76 bits per heavy atom. The van der Waals surface area contributed by atoms with Crippen molar-refractivity contribution in [1.82, 2.24) is 4.98 Å². The lowest BCUT2D eigenvalue weighted by Gasteiger charge is -2.16. The third-order valence-electron chi connectivity index (χ3n) is 2.58. The van der Waals surface area contributed by atoms with Crippen molar-refractivity contribution in [2.45, 2.75) is 11.7 Å². The predicted octanol–water partition coefficient (Wildman–Crippen LogP) is 0.129. The molecule has 17 heavy (non-hydrogen) atoms.